The van der Waals surface area contributed by atoms with Crippen molar-refractivity contribution in [3.05, 3.63) is 270 Å². The van der Waals surface area contributed by atoms with E-state index in [1.807, 2.05) is 0 Å². The van der Waals surface area contributed by atoms with Crippen LogP contribution in [0.25, 0.3) is 66.1 Å². The number of aryl methyl sites for hydroxylation is 2. The molecular weight excluding hydrogens is 811 g/mol. The Morgan fingerprint density at radius 2 is 0.731 bits per heavy atom. The monoisotopic (exact) mass is 855 g/mol. The van der Waals surface area contributed by atoms with Crippen molar-refractivity contribution in [1.82, 2.24) is 0 Å². The minimum atomic E-state index is -0.604. The van der Waals surface area contributed by atoms with Crippen LogP contribution in [0.15, 0.2) is 237 Å². The lowest BCUT2D eigenvalue weighted by molar-refractivity contribution is 0.447. The van der Waals surface area contributed by atoms with E-state index in [0.29, 0.717) is 0 Å². The summed E-state index contributed by atoms with van der Waals surface area (Å²) in [6.07, 6.45) is 0. The van der Waals surface area contributed by atoms with Crippen LogP contribution in [0, 0.1) is 13.8 Å². The molecule has 1 spiro atoms. The molecule has 0 unspecified atom stereocenters. The first-order valence-corrected chi connectivity index (χ1v) is 23.2. The quantitative estimate of drug-likeness (QED) is 0.165. The molecule has 0 atom stereocenters. The molecule has 0 radical (unpaired) electrons. The van der Waals surface area contributed by atoms with Gasteiger partial charge in [-0.3, -0.25) is 0 Å². The molecule has 11 aromatic carbocycles. The first-order valence-electron chi connectivity index (χ1n) is 23.2. The van der Waals surface area contributed by atoms with Crippen LogP contribution in [0.5, 0.6) is 11.5 Å². The number of hydrogen-bond donors (Lipinski definition) is 0. The maximum atomic E-state index is 7.29. The van der Waals surface area contributed by atoms with E-state index in [1.54, 1.807) is 0 Å². The molecule has 2 nitrogen and oxygen atoms in total. The molecule has 13 rings (SSSR count). The summed E-state index contributed by atoms with van der Waals surface area (Å²) in [5.74, 6) is 1.88. The van der Waals surface area contributed by atoms with E-state index in [-0.39, 0.29) is 0 Å². The zero-order chi connectivity index (χ0) is 44.6. The zero-order valence-corrected chi connectivity index (χ0v) is 37.4. The molecule has 0 saturated heterocycles. The summed E-state index contributed by atoms with van der Waals surface area (Å²) in [6.45, 7) is 4.49. The van der Waals surface area contributed by atoms with Crippen LogP contribution >= 0.6 is 0 Å². The molecule has 2 aliphatic rings. The predicted octanol–water partition coefficient (Wildman–Crippen LogP) is 17.5. The summed E-state index contributed by atoms with van der Waals surface area (Å²) in [7, 11) is 0. The van der Waals surface area contributed by atoms with Gasteiger partial charge in [-0.15, -0.1) is 0 Å². The molecule has 1 aliphatic heterocycles. The number of anilines is 3. The van der Waals surface area contributed by atoms with Crippen LogP contribution < -0.4 is 9.64 Å². The summed E-state index contributed by atoms with van der Waals surface area (Å²) in [5, 5.41) is 4.71. The maximum absolute atomic E-state index is 7.29. The third-order valence-corrected chi connectivity index (χ3v) is 14.4. The minimum absolute atomic E-state index is 0.604. The van der Waals surface area contributed by atoms with Gasteiger partial charge in [-0.25, -0.2) is 0 Å². The second-order valence-corrected chi connectivity index (χ2v) is 18.1. The SMILES string of the molecule is Cc1cc2c(c3ccccc13)Oc1c(cc(C)c3ccccc13)C21c2ccccc2-c2cc(-c3cccc(N(c4ccc(-c5ccccc5)cc4)c4ccc(-c5ccccc5)cc4)c3)ccc21. The number of nitrogens with zero attached hydrogens (tertiary/aromatic N) is 1. The average molecular weight is 856 g/mol. The van der Waals surface area contributed by atoms with Gasteiger partial charge in [0.1, 0.15) is 11.5 Å². The predicted molar refractivity (Wildman–Crippen MR) is 279 cm³/mol. The Morgan fingerprint density at radius 1 is 0.299 bits per heavy atom. The topological polar surface area (TPSA) is 12.5 Å². The molecule has 0 amide bonds. The summed E-state index contributed by atoms with van der Waals surface area (Å²) < 4.78 is 7.29. The van der Waals surface area contributed by atoms with Crippen molar-refractivity contribution in [3.63, 3.8) is 0 Å². The Balaban J connectivity index is 0.987. The maximum Gasteiger partial charge on any atom is 0.140 e. The van der Waals surface area contributed by atoms with E-state index < -0.39 is 5.41 Å². The Bertz CT molecular complexity index is 3550. The molecule has 1 heterocycles. The number of ether oxygens (including phenoxy) is 1. The van der Waals surface area contributed by atoms with Gasteiger partial charge in [-0.1, -0.05) is 194 Å². The van der Waals surface area contributed by atoms with Crippen LogP contribution in [0.1, 0.15) is 33.4 Å². The van der Waals surface area contributed by atoms with E-state index >= 15 is 0 Å². The van der Waals surface area contributed by atoms with E-state index in [2.05, 4.69) is 255 Å². The highest BCUT2D eigenvalue weighted by Crippen LogP contribution is 2.64. The molecule has 0 saturated carbocycles. The zero-order valence-electron chi connectivity index (χ0n) is 37.4. The summed E-state index contributed by atoms with van der Waals surface area (Å²) in [6, 6.07) is 86.6. The molecule has 0 N–H and O–H groups in total. The second-order valence-electron chi connectivity index (χ2n) is 18.1. The second kappa shape index (κ2) is 15.3. The van der Waals surface area contributed by atoms with Crippen LogP contribution in [0.4, 0.5) is 17.1 Å². The van der Waals surface area contributed by atoms with E-state index in [4.69, 9.17) is 4.74 Å². The Morgan fingerprint density at radius 3 is 1.30 bits per heavy atom. The van der Waals surface area contributed by atoms with Crippen LogP contribution in [0.2, 0.25) is 0 Å². The highest BCUT2D eigenvalue weighted by Gasteiger charge is 2.52. The summed E-state index contributed by atoms with van der Waals surface area (Å²) >= 11 is 0. The van der Waals surface area contributed by atoms with Gasteiger partial charge in [0.2, 0.25) is 0 Å². The lowest BCUT2D eigenvalue weighted by Crippen LogP contribution is -2.32. The van der Waals surface area contributed by atoms with Crippen molar-refractivity contribution in [2.24, 2.45) is 0 Å². The van der Waals surface area contributed by atoms with Crippen molar-refractivity contribution in [3.8, 4) is 56.0 Å². The number of fused-ring (bicyclic) bond motifs is 13. The molecule has 0 fully saturated rings. The number of benzene rings is 11. The summed E-state index contributed by atoms with van der Waals surface area (Å²) in [4.78, 5) is 2.37. The molecule has 1 aliphatic carbocycles. The van der Waals surface area contributed by atoms with E-state index in [0.717, 1.165) is 44.9 Å². The van der Waals surface area contributed by atoms with Gasteiger partial charge in [-0.05, 0) is 134 Å². The molecule has 0 aromatic heterocycles. The van der Waals surface area contributed by atoms with Crippen LogP contribution in [-0.2, 0) is 5.41 Å². The Kier molecular flexibility index (Phi) is 8.91. The highest BCUT2D eigenvalue weighted by atomic mass is 16.5. The van der Waals surface area contributed by atoms with E-state index in [1.165, 1.54) is 83.1 Å². The van der Waals surface area contributed by atoms with Gasteiger partial charge in [0.25, 0.3) is 0 Å². The van der Waals surface area contributed by atoms with Crippen molar-refractivity contribution in [2.75, 3.05) is 4.90 Å². The van der Waals surface area contributed by atoms with Gasteiger partial charge in [-0.2, -0.15) is 0 Å². The summed E-state index contributed by atoms with van der Waals surface area (Å²) in [5.41, 5.74) is 19.7. The molecule has 11 aromatic rings. The van der Waals surface area contributed by atoms with Crippen LogP contribution in [0.3, 0.4) is 0 Å². The van der Waals surface area contributed by atoms with Crippen molar-refractivity contribution < 1.29 is 4.74 Å². The average Bonchev–Trinajstić information content (AvgIpc) is 3.68. The van der Waals surface area contributed by atoms with E-state index in [9.17, 15) is 0 Å². The number of hydrogen-bond acceptors (Lipinski definition) is 2. The third kappa shape index (κ3) is 6.03. The lowest BCUT2D eigenvalue weighted by atomic mass is 9.64. The first-order chi connectivity index (χ1) is 33.0. The first kappa shape index (κ1) is 39.0. The normalized spacial score (nSPS) is 12.9. The molecule has 316 valence electrons. The van der Waals surface area contributed by atoms with Gasteiger partial charge in [0, 0.05) is 39.0 Å². The van der Waals surface area contributed by atoms with Crippen molar-refractivity contribution >= 4 is 38.6 Å². The molecular formula is C65H45NO. The fourth-order valence-corrected chi connectivity index (χ4v) is 11.3. The van der Waals surface area contributed by atoms with Gasteiger partial charge in [0.05, 0.1) is 5.41 Å². The fraction of sp³-hybridized carbons (Fsp3) is 0.0462. The Hall–Kier alpha value is -8.46. The fourth-order valence-electron chi connectivity index (χ4n) is 11.3. The lowest BCUT2D eigenvalue weighted by Gasteiger charge is -2.41. The van der Waals surface area contributed by atoms with Gasteiger partial charge >= 0.3 is 0 Å². The van der Waals surface area contributed by atoms with Crippen LogP contribution in [-0.4, -0.2) is 0 Å². The highest BCUT2D eigenvalue weighted by molar-refractivity contribution is 6.02. The number of rotatable bonds is 6. The largest absolute Gasteiger partial charge is 0.455 e. The standard InChI is InChI=1S/C65H45NO/c1-42-38-61-63(56-25-11-9-22-53(42)56)67-64-57-26-12-10-23-54(57)43(2)39-62(64)65(61)59-27-14-13-24-55(59)58-41-49(32-37-60(58)65)48-20-15-21-52(40-48)66(50-33-28-46(29-34-50)44-16-5-3-6-17-44)51-35-30-47(31-36-51)45-18-7-4-8-19-45/h3-41H,1-2H3. The van der Waals surface area contributed by atoms with Crippen molar-refractivity contribution in [1.29, 1.82) is 0 Å². The smallest absolute Gasteiger partial charge is 0.140 e. The molecule has 2 heteroatoms. The van der Waals surface area contributed by atoms with Gasteiger partial charge in [0.15, 0.2) is 0 Å². The molecule has 0 bridgehead atoms. The van der Waals surface area contributed by atoms with Gasteiger partial charge < -0.3 is 9.64 Å². The van der Waals surface area contributed by atoms with Crippen molar-refractivity contribution in [2.45, 2.75) is 19.3 Å². The molecule has 67 heavy (non-hydrogen) atoms. The Labute approximate surface area is 391 Å². The third-order valence-electron chi connectivity index (χ3n) is 14.4. The minimum Gasteiger partial charge on any atom is -0.455 e.